The number of fused-ring (bicyclic) bond motifs is 2. The smallest absolute Gasteiger partial charge is 0.231 e. The molecule has 1 aromatic heterocycles. The molecule has 1 unspecified atom stereocenters. The van der Waals surface area contributed by atoms with Gasteiger partial charge in [-0.3, -0.25) is 4.79 Å². The molecular formula is C18H16N2O2. The Morgan fingerprint density at radius 2 is 2.18 bits per heavy atom. The fourth-order valence-corrected chi connectivity index (χ4v) is 3.21. The fourth-order valence-electron chi connectivity index (χ4n) is 3.21. The maximum absolute atomic E-state index is 12.7. The van der Waals surface area contributed by atoms with E-state index in [1.807, 2.05) is 41.3 Å². The molecule has 0 fully saturated rings. The number of oxazole rings is 1. The van der Waals surface area contributed by atoms with Crippen LogP contribution in [0.4, 0.5) is 5.69 Å². The normalized spacial score (nSPS) is 17.0. The third-order valence-corrected chi connectivity index (χ3v) is 4.23. The molecule has 4 heteroatoms. The SMILES string of the molecule is CC1Cc2ccccc2N1C(=O)Cc1ccc2ncoc2c1. The van der Waals surface area contributed by atoms with Crippen LogP contribution < -0.4 is 4.90 Å². The standard InChI is InChI=1S/C18H16N2O2/c1-12-8-14-4-2-3-5-16(14)20(12)18(21)10-13-6-7-15-17(9-13)22-11-19-15/h2-7,9,11-12H,8,10H2,1H3. The van der Waals surface area contributed by atoms with Crippen molar-refractivity contribution in [3.63, 3.8) is 0 Å². The van der Waals surface area contributed by atoms with E-state index in [1.54, 1.807) is 0 Å². The van der Waals surface area contributed by atoms with E-state index in [4.69, 9.17) is 4.42 Å². The van der Waals surface area contributed by atoms with Gasteiger partial charge in [0.2, 0.25) is 5.91 Å². The van der Waals surface area contributed by atoms with Crippen molar-refractivity contribution in [2.75, 3.05) is 4.90 Å². The highest BCUT2D eigenvalue weighted by Gasteiger charge is 2.30. The molecule has 3 aromatic rings. The molecule has 0 saturated heterocycles. The minimum absolute atomic E-state index is 0.122. The van der Waals surface area contributed by atoms with Crippen LogP contribution in [0.25, 0.3) is 11.1 Å². The number of carbonyl (C=O) groups excluding carboxylic acids is 1. The van der Waals surface area contributed by atoms with Crippen LogP contribution >= 0.6 is 0 Å². The van der Waals surface area contributed by atoms with Crippen LogP contribution in [-0.2, 0) is 17.6 Å². The predicted molar refractivity (Wildman–Crippen MR) is 84.8 cm³/mol. The van der Waals surface area contributed by atoms with Crippen molar-refractivity contribution in [2.24, 2.45) is 0 Å². The van der Waals surface area contributed by atoms with Crippen molar-refractivity contribution in [3.8, 4) is 0 Å². The Balaban J connectivity index is 1.62. The maximum Gasteiger partial charge on any atom is 0.231 e. The summed E-state index contributed by atoms with van der Waals surface area (Å²) < 4.78 is 5.31. The summed E-state index contributed by atoms with van der Waals surface area (Å²) >= 11 is 0. The molecule has 1 aliphatic heterocycles. The third kappa shape index (κ3) is 2.08. The van der Waals surface area contributed by atoms with Crippen LogP contribution in [0.2, 0.25) is 0 Å². The topological polar surface area (TPSA) is 46.3 Å². The molecule has 1 aliphatic rings. The second-order valence-corrected chi connectivity index (χ2v) is 5.78. The molecule has 0 spiro atoms. The zero-order chi connectivity index (χ0) is 15.1. The van der Waals surface area contributed by atoms with E-state index < -0.39 is 0 Å². The van der Waals surface area contributed by atoms with Gasteiger partial charge in [-0.25, -0.2) is 4.98 Å². The first-order valence-corrected chi connectivity index (χ1v) is 7.44. The van der Waals surface area contributed by atoms with E-state index in [9.17, 15) is 4.79 Å². The molecule has 0 aliphatic carbocycles. The van der Waals surface area contributed by atoms with Gasteiger partial charge in [0.05, 0.1) is 6.42 Å². The van der Waals surface area contributed by atoms with Crippen molar-refractivity contribution in [1.29, 1.82) is 0 Å². The Labute approximate surface area is 128 Å². The van der Waals surface area contributed by atoms with E-state index in [1.165, 1.54) is 12.0 Å². The molecule has 1 amide bonds. The molecule has 110 valence electrons. The van der Waals surface area contributed by atoms with Gasteiger partial charge in [-0.15, -0.1) is 0 Å². The Kier molecular flexibility index (Phi) is 2.96. The molecular weight excluding hydrogens is 276 g/mol. The number of aromatic nitrogens is 1. The summed E-state index contributed by atoms with van der Waals surface area (Å²) in [5, 5.41) is 0. The van der Waals surface area contributed by atoms with E-state index in [2.05, 4.69) is 18.0 Å². The lowest BCUT2D eigenvalue weighted by Gasteiger charge is -2.22. The Bertz CT molecular complexity index is 853. The van der Waals surface area contributed by atoms with Gasteiger partial charge in [0.25, 0.3) is 0 Å². The molecule has 0 saturated carbocycles. The summed E-state index contributed by atoms with van der Waals surface area (Å²) in [4.78, 5) is 18.8. The van der Waals surface area contributed by atoms with Crippen LogP contribution in [0.5, 0.6) is 0 Å². The number of para-hydroxylation sites is 1. The molecule has 0 N–H and O–H groups in total. The molecule has 2 heterocycles. The third-order valence-electron chi connectivity index (χ3n) is 4.23. The van der Waals surface area contributed by atoms with Crippen LogP contribution in [0.1, 0.15) is 18.1 Å². The van der Waals surface area contributed by atoms with Crippen molar-refractivity contribution < 1.29 is 9.21 Å². The van der Waals surface area contributed by atoms with Gasteiger partial charge in [0, 0.05) is 11.7 Å². The molecule has 4 rings (SSSR count). The highest BCUT2D eigenvalue weighted by atomic mass is 16.3. The van der Waals surface area contributed by atoms with Gasteiger partial charge < -0.3 is 9.32 Å². The highest BCUT2D eigenvalue weighted by Crippen LogP contribution is 2.32. The van der Waals surface area contributed by atoms with Crippen molar-refractivity contribution in [3.05, 3.63) is 60.0 Å². The lowest BCUT2D eigenvalue weighted by Crippen LogP contribution is -2.36. The maximum atomic E-state index is 12.7. The van der Waals surface area contributed by atoms with Gasteiger partial charge >= 0.3 is 0 Å². The summed E-state index contributed by atoms with van der Waals surface area (Å²) in [6, 6.07) is 14.1. The first kappa shape index (κ1) is 13.1. The Morgan fingerprint density at radius 3 is 3.09 bits per heavy atom. The van der Waals surface area contributed by atoms with E-state index in [0.29, 0.717) is 6.42 Å². The Morgan fingerprint density at radius 1 is 1.32 bits per heavy atom. The van der Waals surface area contributed by atoms with Crippen LogP contribution in [0.3, 0.4) is 0 Å². The summed E-state index contributed by atoms with van der Waals surface area (Å²) in [5.41, 5.74) is 4.77. The second kappa shape index (κ2) is 4.98. The summed E-state index contributed by atoms with van der Waals surface area (Å²) in [7, 11) is 0. The predicted octanol–water partition coefficient (Wildman–Crippen LogP) is 3.35. The van der Waals surface area contributed by atoms with Gasteiger partial charge in [0.1, 0.15) is 5.52 Å². The summed E-state index contributed by atoms with van der Waals surface area (Å²) in [6.07, 6.45) is 2.72. The van der Waals surface area contributed by atoms with Crippen LogP contribution in [0, 0.1) is 0 Å². The molecule has 22 heavy (non-hydrogen) atoms. The highest BCUT2D eigenvalue weighted by molar-refractivity contribution is 5.97. The Hall–Kier alpha value is -2.62. The lowest BCUT2D eigenvalue weighted by atomic mass is 10.1. The zero-order valence-electron chi connectivity index (χ0n) is 12.3. The van der Waals surface area contributed by atoms with Gasteiger partial charge in [0.15, 0.2) is 12.0 Å². The van der Waals surface area contributed by atoms with Crippen LogP contribution in [-0.4, -0.2) is 16.9 Å². The minimum Gasteiger partial charge on any atom is -0.443 e. The number of nitrogens with zero attached hydrogens (tertiary/aromatic N) is 2. The number of amides is 1. The monoisotopic (exact) mass is 292 g/mol. The quantitative estimate of drug-likeness (QED) is 0.727. The van der Waals surface area contributed by atoms with Crippen molar-refractivity contribution >= 4 is 22.7 Å². The number of benzene rings is 2. The lowest BCUT2D eigenvalue weighted by molar-refractivity contribution is -0.118. The van der Waals surface area contributed by atoms with Crippen LogP contribution in [0.15, 0.2) is 53.3 Å². The van der Waals surface area contributed by atoms with E-state index >= 15 is 0 Å². The molecule has 0 radical (unpaired) electrons. The number of carbonyl (C=O) groups is 1. The summed E-state index contributed by atoms with van der Waals surface area (Å²) in [6.45, 7) is 2.09. The first-order valence-electron chi connectivity index (χ1n) is 7.44. The zero-order valence-corrected chi connectivity index (χ0v) is 12.3. The molecule has 2 aromatic carbocycles. The van der Waals surface area contributed by atoms with Gasteiger partial charge in [-0.05, 0) is 42.7 Å². The minimum atomic E-state index is 0.122. The molecule has 1 atom stereocenters. The molecule has 4 nitrogen and oxygen atoms in total. The number of hydrogen-bond acceptors (Lipinski definition) is 3. The number of rotatable bonds is 2. The van der Waals surface area contributed by atoms with E-state index in [0.717, 1.165) is 28.8 Å². The van der Waals surface area contributed by atoms with Crippen molar-refractivity contribution in [1.82, 2.24) is 4.98 Å². The summed E-state index contributed by atoms with van der Waals surface area (Å²) in [5.74, 6) is 0.122. The van der Waals surface area contributed by atoms with Gasteiger partial charge in [-0.1, -0.05) is 24.3 Å². The van der Waals surface area contributed by atoms with E-state index in [-0.39, 0.29) is 11.9 Å². The second-order valence-electron chi connectivity index (χ2n) is 5.78. The fraction of sp³-hybridized carbons (Fsp3) is 0.222. The average molecular weight is 292 g/mol. The average Bonchev–Trinajstić information content (AvgIpc) is 3.09. The largest absolute Gasteiger partial charge is 0.443 e. The number of hydrogen-bond donors (Lipinski definition) is 0. The van der Waals surface area contributed by atoms with Gasteiger partial charge in [-0.2, -0.15) is 0 Å². The molecule has 0 bridgehead atoms. The first-order chi connectivity index (χ1) is 10.7. The number of anilines is 1. The van der Waals surface area contributed by atoms with Crippen molar-refractivity contribution in [2.45, 2.75) is 25.8 Å².